The van der Waals surface area contributed by atoms with Crippen molar-refractivity contribution < 1.29 is 4.74 Å². The Hall–Kier alpha value is -0.860. The molecular formula is C14H23NO. The predicted molar refractivity (Wildman–Crippen MR) is 68.5 cm³/mol. The molecule has 1 aromatic carbocycles. The first-order valence-corrected chi connectivity index (χ1v) is 6.21. The predicted octanol–water partition coefficient (Wildman–Crippen LogP) is 2.98. The monoisotopic (exact) mass is 221 g/mol. The maximum absolute atomic E-state index is 5.71. The van der Waals surface area contributed by atoms with Gasteiger partial charge in [-0.3, -0.25) is 0 Å². The van der Waals surface area contributed by atoms with Gasteiger partial charge in [0.05, 0.1) is 13.2 Å². The third-order valence-corrected chi connectivity index (χ3v) is 2.61. The molecule has 0 saturated carbocycles. The van der Waals surface area contributed by atoms with Crippen molar-refractivity contribution in [2.45, 2.75) is 39.3 Å². The molecule has 0 saturated heterocycles. The molecule has 2 heteroatoms. The summed E-state index contributed by atoms with van der Waals surface area (Å²) in [6.45, 7) is 6.97. The number of hydrogen-bond donors (Lipinski definition) is 1. The third-order valence-electron chi connectivity index (χ3n) is 2.61. The minimum atomic E-state index is 0.490. The molecule has 16 heavy (non-hydrogen) atoms. The van der Waals surface area contributed by atoms with Crippen LogP contribution in [-0.2, 0) is 11.3 Å². The van der Waals surface area contributed by atoms with E-state index < -0.39 is 0 Å². The molecule has 0 fully saturated rings. The number of rotatable bonds is 8. The highest BCUT2D eigenvalue weighted by Gasteiger charge is 2.04. The van der Waals surface area contributed by atoms with Crippen LogP contribution in [0.2, 0.25) is 0 Å². The Labute approximate surface area is 99.0 Å². The SMILES string of the molecule is CCCNC(CC)COCc1ccccc1. The van der Waals surface area contributed by atoms with E-state index in [-0.39, 0.29) is 0 Å². The summed E-state index contributed by atoms with van der Waals surface area (Å²) in [4.78, 5) is 0. The molecule has 0 aliphatic heterocycles. The van der Waals surface area contributed by atoms with Crippen LogP contribution >= 0.6 is 0 Å². The van der Waals surface area contributed by atoms with Crippen LogP contribution < -0.4 is 5.32 Å². The van der Waals surface area contributed by atoms with E-state index in [4.69, 9.17) is 4.74 Å². The number of ether oxygens (including phenoxy) is 1. The standard InChI is InChI=1S/C14H23NO/c1-3-10-15-14(4-2)12-16-11-13-8-6-5-7-9-13/h5-9,14-15H,3-4,10-12H2,1-2H3. The van der Waals surface area contributed by atoms with Crippen LogP contribution in [0.25, 0.3) is 0 Å². The van der Waals surface area contributed by atoms with E-state index in [1.807, 2.05) is 18.2 Å². The lowest BCUT2D eigenvalue weighted by Gasteiger charge is -2.16. The minimum absolute atomic E-state index is 0.490. The largest absolute Gasteiger partial charge is 0.375 e. The van der Waals surface area contributed by atoms with Gasteiger partial charge in [-0.25, -0.2) is 0 Å². The van der Waals surface area contributed by atoms with Crippen molar-refractivity contribution in [2.24, 2.45) is 0 Å². The van der Waals surface area contributed by atoms with Gasteiger partial charge in [-0.2, -0.15) is 0 Å². The summed E-state index contributed by atoms with van der Waals surface area (Å²) in [5, 5.41) is 3.48. The van der Waals surface area contributed by atoms with E-state index >= 15 is 0 Å². The minimum Gasteiger partial charge on any atom is -0.375 e. The second-order valence-electron chi connectivity index (χ2n) is 4.06. The van der Waals surface area contributed by atoms with Crippen LogP contribution in [0.4, 0.5) is 0 Å². The van der Waals surface area contributed by atoms with Gasteiger partial charge >= 0.3 is 0 Å². The average molecular weight is 221 g/mol. The zero-order valence-electron chi connectivity index (χ0n) is 10.4. The molecule has 90 valence electrons. The van der Waals surface area contributed by atoms with Gasteiger partial charge in [0.25, 0.3) is 0 Å². The Morgan fingerprint density at radius 2 is 1.94 bits per heavy atom. The lowest BCUT2D eigenvalue weighted by Crippen LogP contribution is -2.33. The van der Waals surface area contributed by atoms with Gasteiger partial charge in [0, 0.05) is 6.04 Å². The highest BCUT2D eigenvalue weighted by Crippen LogP contribution is 2.02. The first-order valence-electron chi connectivity index (χ1n) is 6.21. The van der Waals surface area contributed by atoms with Gasteiger partial charge in [0.1, 0.15) is 0 Å². The van der Waals surface area contributed by atoms with Crippen molar-refractivity contribution in [3.05, 3.63) is 35.9 Å². The maximum atomic E-state index is 5.71. The molecule has 0 bridgehead atoms. The molecule has 1 N–H and O–H groups in total. The van der Waals surface area contributed by atoms with Gasteiger partial charge in [0.15, 0.2) is 0 Å². The highest BCUT2D eigenvalue weighted by atomic mass is 16.5. The van der Waals surface area contributed by atoms with Crippen molar-refractivity contribution in [3.8, 4) is 0 Å². The highest BCUT2D eigenvalue weighted by molar-refractivity contribution is 5.13. The van der Waals surface area contributed by atoms with Crippen LogP contribution in [0.3, 0.4) is 0 Å². The van der Waals surface area contributed by atoms with Crippen molar-refractivity contribution >= 4 is 0 Å². The fraction of sp³-hybridized carbons (Fsp3) is 0.571. The van der Waals surface area contributed by atoms with Gasteiger partial charge in [-0.1, -0.05) is 44.2 Å². The van der Waals surface area contributed by atoms with Crippen LogP contribution in [0.15, 0.2) is 30.3 Å². The van der Waals surface area contributed by atoms with Crippen molar-refractivity contribution in [1.82, 2.24) is 5.32 Å². The van der Waals surface area contributed by atoms with E-state index in [0.717, 1.165) is 19.6 Å². The lowest BCUT2D eigenvalue weighted by atomic mass is 10.2. The van der Waals surface area contributed by atoms with E-state index in [0.29, 0.717) is 12.6 Å². The molecule has 0 aromatic heterocycles. The van der Waals surface area contributed by atoms with Gasteiger partial charge < -0.3 is 10.1 Å². The molecular weight excluding hydrogens is 198 g/mol. The number of nitrogens with one attached hydrogen (secondary N) is 1. The van der Waals surface area contributed by atoms with Gasteiger partial charge in [-0.05, 0) is 24.9 Å². The maximum Gasteiger partial charge on any atom is 0.0717 e. The smallest absolute Gasteiger partial charge is 0.0717 e. The summed E-state index contributed by atoms with van der Waals surface area (Å²) in [7, 11) is 0. The topological polar surface area (TPSA) is 21.3 Å². The van der Waals surface area contributed by atoms with Crippen LogP contribution in [0.5, 0.6) is 0 Å². The molecule has 0 heterocycles. The fourth-order valence-electron chi connectivity index (χ4n) is 1.56. The summed E-state index contributed by atoms with van der Waals surface area (Å²) >= 11 is 0. The van der Waals surface area contributed by atoms with Gasteiger partial charge in [-0.15, -0.1) is 0 Å². The Bertz CT molecular complexity index is 261. The Morgan fingerprint density at radius 1 is 1.19 bits per heavy atom. The second-order valence-corrected chi connectivity index (χ2v) is 4.06. The first-order chi connectivity index (χ1) is 7.86. The zero-order chi connectivity index (χ0) is 11.6. The van der Waals surface area contributed by atoms with Gasteiger partial charge in [0.2, 0.25) is 0 Å². The van der Waals surface area contributed by atoms with E-state index in [1.165, 1.54) is 12.0 Å². The van der Waals surface area contributed by atoms with Crippen molar-refractivity contribution in [3.63, 3.8) is 0 Å². The summed E-state index contributed by atoms with van der Waals surface area (Å²) in [6.07, 6.45) is 2.30. The molecule has 1 atom stereocenters. The Kier molecular flexibility index (Phi) is 6.86. The fourth-order valence-corrected chi connectivity index (χ4v) is 1.56. The molecule has 1 aromatic rings. The van der Waals surface area contributed by atoms with E-state index in [2.05, 4.69) is 31.3 Å². The summed E-state index contributed by atoms with van der Waals surface area (Å²) in [5.41, 5.74) is 1.24. The zero-order valence-corrected chi connectivity index (χ0v) is 10.4. The normalized spacial score (nSPS) is 12.6. The first kappa shape index (κ1) is 13.2. The van der Waals surface area contributed by atoms with Crippen molar-refractivity contribution in [1.29, 1.82) is 0 Å². The molecule has 0 spiro atoms. The Morgan fingerprint density at radius 3 is 2.56 bits per heavy atom. The molecule has 1 rings (SSSR count). The molecule has 2 nitrogen and oxygen atoms in total. The van der Waals surface area contributed by atoms with Crippen LogP contribution in [0, 0.1) is 0 Å². The molecule has 0 amide bonds. The third kappa shape index (κ3) is 5.29. The molecule has 0 radical (unpaired) electrons. The van der Waals surface area contributed by atoms with Crippen LogP contribution in [-0.4, -0.2) is 19.2 Å². The number of benzene rings is 1. The van der Waals surface area contributed by atoms with Crippen LogP contribution in [0.1, 0.15) is 32.3 Å². The molecule has 0 aliphatic carbocycles. The quantitative estimate of drug-likeness (QED) is 0.728. The average Bonchev–Trinajstić information content (AvgIpc) is 2.35. The van der Waals surface area contributed by atoms with E-state index in [9.17, 15) is 0 Å². The summed E-state index contributed by atoms with van der Waals surface area (Å²) < 4.78 is 5.71. The molecule has 1 unspecified atom stereocenters. The molecule has 0 aliphatic rings. The van der Waals surface area contributed by atoms with E-state index in [1.54, 1.807) is 0 Å². The summed E-state index contributed by atoms with van der Waals surface area (Å²) in [5.74, 6) is 0. The Balaban J connectivity index is 2.18. The summed E-state index contributed by atoms with van der Waals surface area (Å²) in [6, 6.07) is 10.8. The van der Waals surface area contributed by atoms with Crippen molar-refractivity contribution in [2.75, 3.05) is 13.2 Å². The second kappa shape index (κ2) is 8.31. The number of hydrogen-bond acceptors (Lipinski definition) is 2. The lowest BCUT2D eigenvalue weighted by molar-refractivity contribution is 0.0975.